The van der Waals surface area contributed by atoms with Crippen molar-refractivity contribution in [2.75, 3.05) is 13.2 Å². The van der Waals surface area contributed by atoms with Crippen LogP contribution in [0.25, 0.3) is 0 Å². The number of rotatable bonds is 6. The molecule has 2 aromatic rings. The molecule has 0 aliphatic carbocycles. The van der Waals surface area contributed by atoms with E-state index < -0.39 is 4.92 Å². The van der Waals surface area contributed by atoms with Gasteiger partial charge in [-0.05, 0) is 49.2 Å². The van der Waals surface area contributed by atoms with Gasteiger partial charge in [0.1, 0.15) is 12.4 Å². The third-order valence-electron chi connectivity index (χ3n) is 3.48. The van der Waals surface area contributed by atoms with E-state index >= 15 is 0 Å². The molecule has 2 rings (SSSR count). The summed E-state index contributed by atoms with van der Waals surface area (Å²) in [5.74, 6) is 0.473. The number of nitrogens with one attached hydrogen (secondary N) is 1. The number of carbonyl (C=O) groups is 1. The van der Waals surface area contributed by atoms with Crippen LogP contribution < -0.4 is 10.1 Å². The lowest BCUT2D eigenvalue weighted by Gasteiger charge is -2.09. The molecule has 0 unspecified atom stereocenters. The summed E-state index contributed by atoms with van der Waals surface area (Å²) in [6.07, 6.45) is 0. The number of nitro benzene ring substituents is 1. The molecule has 0 aliphatic heterocycles. The number of benzene rings is 2. The van der Waals surface area contributed by atoms with E-state index in [4.69, 9.17) is 4.74 Å². The molecule has 2 aromatic carbocycles. The number of ether oxygens (including phenoxy) is 1. The van der Waals surface area contributed by atoms with Crippen LogP contribution in [0.4, 0.5) is 5.69 Å². The first-order valence-electron chi connectivity index (χ1n) is 7.20. The number of hydrogen-bond acceptors (Lipinski definition) is 4. The number of nitrogens with zero attached hydrogens (tertiary/aromatic N) is 1. The first-order chi connectivity index (χ1) is 11.0. The SMILES string of the molecule is Cc1ccc(OCCNC(=O)c2ccc([N+](=O)[O-])cc2)cc1C. The smallest absolute Gasteiger partial charge is 0.269 e. The molecule has 120 valence electrons. The molecule has 6 nitrogen and oxygen atoms in total. The standard InChI is InChI=1S/C17H18N2O4/c1-12-3-8-16(11-13(12)2)23-10-9-18-17(20)14-4-6-15(7-5-14)19(21)22/h3-8,11H,9-10H2,1-2H3,(H,18,20). The van der Waals surface area contributed by atoms with Gasteiger partial charge in [0.15, 0.2) is 0 Å². The Balaban J connectivity index is 1.80. The third-order valence-corrected chi connectivity index (χ3v) is 3.48. The van der Waals surface area contributed by atoms with Crippen LogP contribution in [0.3, 0.4) is 0 Å². The minimum atomic E-state index is -0.501. The second-order valence-corrected chi connectivity index (χ2v) is 5.15. The highest BCUT2D eigenvalue weighted by atomic mass is 16.6. The van der Waals surface area contributed by atoms with E-state index in [0.717, 1.165) is 11.3 Å². The first-order valence-corrected chi connectivity index (χ1v) is 7.20. The predicted molar refractivity (Wildman–Crippen MR) is 86.8 cm³/mol. The zero-order chi connectivity index (χ0) is 16.8. The van der Waals surface area contributed by atoms with E-state index in [-0.39, 0.29) is 11.6 Å². The van der Waals surface area contributed by atoms with Crippen LogP contribution in [-0.4, -0.2) is 24.0 Å². The molecule has 0 heterocycles. The zero-order valence-corrected chi connectivity index (χ0v) is 13.0. The van der Waals surface area contributed by atoms with Crippen LogP contribution >= 0.6 is 0 Å². The van der Waals surface area contributed by atoms with Crippen molar-refractivity contribution >= 4 is 11.6 Å². The van der Waals surface area contributed by atoms with Gasteiger partial charge in [-0.2, -0.15) is 0 Å². The van der Waals surface area contributed by atoms with Crippen LogP contribution in [0.1, 0.15) is 21.5 Å². The van der Waals surface area contributed by atoms with Gasteiger partial charge in [-0.3, -0.25) is 14.9 Å². The molecule has 0 bridgehead atoms. The molecule has 0 fully saturated rings. The van der Waals surface area contributed by atoms with Gasteiger partial charge in [-0.25, -0.2) is 0 Å². The summed E-state index contributed by atoms with van der Waals surface area (Å²) in [5, 5.41) is 13.3. The lowest BCUT2D eigenvalue weighted by molar-refractivity contribution is -0.384. The van der Waals surface area contributed by atoms with E-state index in [2.05, 4.69) is 5.32 Å². The highest BCUT2D eigenvalue weighted by Gasteiger charge is 2.08. The van der Waals surface area contributed by atoms with Crippen molar-refractivity contribution in [2.45, 2.75) is 13.8 Å². The Morgan fingerprint density at radius 3 is 2.43 bits per heavy atom. The molecule has 1 amide bonds. The van der Waals surface area contributed by atoms with Gasteiger partial charge < -0.3 is 10.1 Å². The zero-order valence-electron chi connectivity index (χ0n) is 13.0. The molecule has 6 heteroatoms. The van der Waals surface area contributed by atoms with E-state index in [1.807, 2.05) is 32.0 Å². The van der Waals surface area contributed by atoms with Crippen molar-refractivity contribution in [1.29, 1.82) is 0 Å². The Hall–Kier alpha value is -2.89. The maximum absolute atomic E-state index is 11.9. The molecule has 0 aromatic heterocycles. The van der Waals surface area contributed by atoms with E-state index in [1.165, 1.54) is 29.8 Å². The quantitative estimate of drug-likeness (QED) is 0.505. The Morgan fingerprint density at radius 2 is 1.83 bits per heavy atom. The summed E-state index contributed by atoms with van der Waals surface area (Å²) in [6.45, 7) is 4.74. The predicted octanol–water partition coefficient (Wildman–Crippen LogP) is 3.02. The van der Waals surface area contributed by atoms with Gasteiger partial charge in [-0.1, -0.05) is 6.07 Å². The monoisotopic (exact) mass is 314 g/mol. The van der Waals surface area contributed by atoms with E-state index in [1.54, 1.807) is 0 Å². The van der Waals surface area contributed by atoms with Gasteiger partial charge in [-0.15, -0.1) is 0 Å². The van der Waals surface area contributed by atoms with Crippen molar-refractivity contribution in [3.05, 3.63) is 69.3 Å². The highest BCUT2D eigenvalue weighted by Crippen LogP contribution is 2.16. The molecule has 0 aliphatic rings. The molecule has 0 spiro atoms. The molecule has 0 saturated heterocycles. The molecule has 23 heavy (non-hydrogen) atoms. The summed E-state index contributed by atoms with van der Waals surface area (Å²) in [6, 6.07) is 11.3. The fourth-order valence-corrected chi connectivity index (χ4v) is 1.97. The van der Waals surface area contributed by atoms with Crippen molar-refractivity contribution in [2.24, 2.45) is 0 Å². The Bertz CT molecular complexity index is 711. The van der Waals surface area contributed by atoms with Gasteiger partial charge >= 0.3 is 0 Å². The van der Waals surface area contributed by atoms with Crippen molar-refractivity contribution in [1.82, 2.24) is 5.32 Å². The molecule has 0 saturated carbocycles. The number of non-ortho nitro benzene ring substituents is 1. The summed E-state index contributed by atoms with van der Waals surface area (Å²) < 4.78 is 5.57. The summed E-state index contributed by atoms with van der Waals surface area (Å²) in [4.78, 5) is 22.0. The number of hydrogen-bond donors (Lipinski definition) is 1. The molecule has 0 atom stereocenters. The lowest BCUT2D eigenvalue weighted by atomic mass is 10.1. The maximum Gasteiger partial charge on any atom is 0.269 e. The van der Waals surface area contributed by atoms with Gasteiger partial charge in [0.25, 0.3) is 11.6 Å². The fraction of sp³-hybridized carbons (Fsp3) is 0.235. The number of nitro groups is 1. The van der Waals surface area contributed by atoms with Crippen LogP contribution in [0.5, 0.6) is 5.75 Å². The summed E-state index contributed by atoms with van der Waals surface area (Å²) in [7, 11) is 0. The normalized spacial score (nSPS) is 10.2. The van der Waals surface area contributed by atoms with Crippen molar-refractivity contribution in [3.8, 4) is 5.75 Å². The minimum Gasteiger partial charge on any atom is -0.492 e. The van der Waals surface area contributed by atoms with Gasteiger partial charge in [0.05, 0.1) is 11.5 Å². The van der Waals surface area contributed by atoms with Crippen LogP contribution in [0, 0.1) is 24.0 Å². The molecule has 1 N–H and O–H groups in total. The molecule has 0 radical (unpaired) electrons. The van der Waals surface area contributed by atoms with E-state index in [9.17, 15) is 14.9 Å². The largest absolute Gasteiger partial charge is 0.492 e. The third kappa shape index (κ3) is 4.54. The van der Waals surface area contributed by atoms with E-state index in [0.29, 0.717) is 18.7 Å². The highest BCUT2D eigenvalue weighted by molar-refractivity contribution is 5.94. The average Bonchev–Trinajstić information content (AvgIpc) is 2.54. The first kappa shape index (κ1) is 16.5. The molecular weight excluding hydrogens is 296 g/mol. The van der Waals surface area contributed by atoms with Crippen molar-refractivity contribution < 1.29 is 14.5 Å². The van der Waals surface area contributed by atoms with Crippen LogP contribution in [0.15, 0.2) is 42.5 Å². The topological polar surface area (TPSA) is 81.5 Å². The van der Waals surface area contributed by atoms with Gasteiger partial charge in [0.2, 0.25) is 0 Å². The van der Waals surface area contributed by atoms with Gasteiger partial charge in [0, 0.05) is 17.7 Å². The lowest BCUT2D eigenvalue weighted by Crippen LogP contribution is -2.28. The number of amides is 1. The molecular formula is C17H18N2O4. The summed E-state index contributed by atoms with van der Waals surface area (Å²) in [5.41, 5.74) is 2.68. The minimum absolute atomic E-state index is 0.0420. The van der Waals surface area contributed by atoms with Crippen LogP contribution in [0.2, 0.25) is 0 Å². The Labute approximate surface area is 134 Å². The average molecular weight is 314 g/mol. The maximum atomic E-state index is 11.9. The summed E-state index contributed by atoms with van der Waals surface area (Å²) >= 11 is 0. The second kappa shape index (κ2) is 7.40. The second-order valence-electron chi connectivity index (χ2n) is 5.15. The number of carbonyl (C=O) groups excluding carboxylic acids is 1. The van der Waals surface area contributed by atoms with Crippen LogP contribution in [-0.2, 0) is 0 Å². The Kier molecular flexibility index (Phi) is 5.30. The number of aryl methyl sites for hydroxylation is 2. The van der Waals surface area contributed by atoms with Crippen molar-refractivity contribution in [3.63, 3.8) is 0 Å². The Morgan fingerprint density at radius 1 is 1.13 bits per heavy atom. The fourth-order valence-electron chi connectivity index (χ4n) is 1.97.